The summed E-state index contributed by atoms with van der Waals surface area (Å²) in [5, 5.41) is 28.6. The van der Waals surface area contributed by atoms with E-state index in [1.165, 1.54) is 13.2 Å². The Bertz CT molecular complexity index is 1400. The highest BCUT2D eigenvalue weighted by atomic mass is 35.5. The largest absolute Gasteiger partial charge is 0.507 e. The highest BCUT2D eigenvalue weighted by Crippen LogP contribution is 2.47. The molecule has 0 unspecified atom stereocenters. The molecule has 0 spiro atoms. The van der Waals surface area contributed by atoms with Crippen LogP contribution in [-0.2, 0) is 6.54 Å². The Morgan fingerprint density at radius 1 is 1.09 bits per heavy atom. The predicted molar refractivity (Wildman–Crippen MR) is 128 cm³/mol. The molecule has 34 heavy (non-hydrogen) atoms. The number of hydrogen-bond donors (Lipinski definition) is 3. The van der Waals surface area contributed by atoms with E-state index in [4.69, 9.17) is 16.3 Å². The fourth-order valence-corrected chi connectivity index (χ4v) is 4.58. The number of phenols is 2. The molecule has 1 aromatic heterocycles. The summed E-state index contributed by atoms with van der Waals surface area (Å²) in [6, 6.07) is 17.4. The maximum atomic E-state index is 13.5. The lowest BCUT2D eigenvalue weighted by Gasteiger charge is -2.27. The van der Waals surface area contributed by atoms with Crippen LogP contribution in [0.5, 0.6) is 17.2 Å². The average molecular weight is 476 g/mol. The Balaban J connectivity index is 1.70. The van der Waals surface area contributed by atoms with E-state index in [-0.39, 0.29) is 17.4 Å². The highest BCUT2D eigenvalue weighted by Gasteiger charge is 2.42. The molecule has 0 aliphatic carbocycles. The Morgan fingerprint density at radius 2 is 1.85 bits per heavy atom. The molecule has 172 valence electrons. The fourth-order valence-electron chi connectivity index (χ4n) is 4.41. The molecule has 3 N–H and O–H groups in total. The van der Waals surface area contributed by atoms with Gasteiger partial charge < -0.3 is 19.8 Å². The molecule has 3 aromatic carbocycles. The molecule has 1 amide bonds. The van der Waals surface area contributed by atoms with Gasteiger partial charge in [0.1, 0.15) is 17.1 Å². The van der Waals surface area contributed by atoms with Crippen molar-refractivity contribution in [1.82, 2.24) is 15.1 Å². The van der Waals surface area contributed by atoms with Crippen LogP contribution in [0.15, 0.2) is 60.7 Å². The minimum absolute atomic E-state index is 0.000726. The van der Waals surface area contributed by atoms with Gasteiger partial charge in [-0.1, -0.05) is 48.0 Å². The fraction of sp³-hybridized carbons (Fsp3) is 0.154. The molecule has 2 heterocycles. The average Bonchev–Trinajstić information content (AvgIpc) is 3.37. The number of aryl methyl sites for hydroxylation is 1. The van der Waals surface area contributed by atoms with Crippen LogP contribution in [0.1, 0.15) is 38.8 Å². The Hall–Kier alpha value is -3.97. The lowest BCUT2D eigenvalue weighted by molar-refractivity contribution is 0.0730. The molecular formula is C26H22ClN3O4. The van der Waals surface area contributed by atoms with Gasteiger partial charge in [0.05, 0.1) is 13.2 Å². The van der Waals surface area contributed by atoms with Crippen molar-refractivity contribution in [2.24, 2.45) is 0 Å². The first kappa shape index (κ1) is 21.9. The molecule has 7 nitrogen and oxygen atoms in total. The van der Waals surface area contributed by atoms with Crippen molar-refractivity contribution in [3.8, 4) is 28.5 Å². The molecule has 1 aliphatic heterocycles. The van der Waals surface area contributed by atoms with E-state index in [1.54, 1.807) is 36.1 Å². The van der Waals surface area contributed by atoms with Gasteiger partial charge in [0.25, 0.3) is 5.91 Å². The van der Waals surface area contributed by atoms with Gasteiger partial charge >= 0.3 is 0 Å². The van der Waals surface area contributed by atoms with Crippen LogP contribution < -0.4 is 4.74 Å². The molecule has 0 saturated carbocycles. The van der Waals surface area contributed by atoms with E-state index < -0.39 is 6.04 Å². The minimum atomic E-state index is -0.537. The Kier molecular flexibility index (Phi) is 5.42. The molecule has 0 saturated heterocycles. The molecule has 0 radical (unpaired) electrons. The van der Waals surface area contributed by atoms with Crippen molar-refractivity contribution < 1.29 is 19.7 Å². The summed E-state index contributed by atoms with van der Waals surface area (Å²) in [4.78, 5) is 15.3. The zero-order valence-electron chi connectivity index (χ0n) is 18.5. The molecule has 5 rings (SSSR count). The van der Waals surface area contributed by atoms with E-state index in [0.717, 1.165) is 16.7 Å². The second kappa shape index (κ2) is 8.43. The zero-order valence-corrected chi connectivity index (χ0v) is 19.3. The second-order valence-corrected chi connectivity index (χ2v) is 8.64. The summed E-state index contributed by atoms with van der Waals surface area (Å²) in [5.41, 5.74) is 4.28. The van der Waals surface area contributed by atoms with Crippen molar-refractivity contribution in [1.29, 1.82) is 0 Å². The van der Waals surface area contributed by atoms with Crippen molar-refractivity contribution >= 4 is 17.5 Å². The molecule has 0 bridgehead atoms. The monoisotopic (exact) mass is 475 g/mol. The lowest BCUT2D eigenvalue weighted by atomic mass is 9.94. The van der Waals surface area contributed by atoms with Crippen LogP contribution in [0, 0.1) is 6.92 Å². The summed E-state index contributed by atoms with van der Waals surface area (Å²) in [7, 11) is 1.47. The molecular weight excluding hydrogens is 454 g/mol. The minimum Gasteiger partial charge on any atom is -0.507 e. The number of halogens is 1. The van der Waals surface area contributed by atoms with Crippen LogP contribution in [0.4, 0.5) is 0 Å². The van der Waals surface area contributed by atoms with Gasteiger partial charge in [-0.25, -0.2) is 0 Å². The van der Waals surface area contributed by atoms with Gasteiger partial charge in [-0.15, -0.1) is 0 Å². The maximum absolute atomic E-state index is 13.5. The van der Waals surface area contributed by atoms with E-state index in [0.29, 0.717) is 39.8 Å². The number of H-pyrrole nitrogens is 1. The first-order valence-electron chi connectivity index (χ1n) is 10.7. The lowest BCUT2D eigenvalue weighted by Crippen LogP contribution is -2.29. The number of methoxy groups -OCH3 is 1. The van der Waals surface area contributed by atoms with Gasteiger partial charge in [0.15, 0.2) is 11.5 Å². The van der Waals surface area contributed by atoms with Crippen LogP contribution >= 0.6 is 11.6 Å². The number of nitrogens with one attached hydrogen (secondary N) is 1. The maximum Gasteiger partial charge on any atom is 0.273 e. The third-order valence-electron chi connectivity index (χ3n) is 6.11. The highest BCUT2D eigenvalue weighted by molar-refractivity contribution is 6.31. The number of hydrogen-bond acceptors (Lipinski definition) is 5. The number of benzene rings is 3. The molecule has 1 atom stereocenters. The second-order valence-electron chi connectivity index (χ2n) is 8.23. The van der Waals surface area contributed by atoms with Gasteiger partial charge in [-0.3, -0.25) is 9.89 Å². The van der Waals surface area contributed by atoms with Gasteiger partial charge in [0, 0.05) is 22.7 Å². The topological polar surface area (TPSA) is 98.7 Å². The van der Waals surface area contributed by atoms with Crippen LogP contribution in [0.2, 0.25) is 5.02 Å². The van der Waals surface area contributed by atoms with Crippen molar-refractivity contribution in [2.75, 3.05) is 7.11 Å². The van der Waals surface area contributed by atoms with Gasteiger partial charge in [-0.05, 0) is 47.9 Å². The molecule has 1 aliphatic rings. The molecule has 0 fully saturated rings. The number of fused-ring (bicyclic) bond motifs is 1. The van der Waals surface area contributed by atoms with Crippen molar-refractivity contribution in [3.05, 3.63) is 93.6 Å². The van der Waals surface area contributed by atoms with Crippen molar-refractivity contribution in [3.63, 3.8) is 0 Å². The van der Waals surface area contributed by atoms with Crippen LogP contribution in [0.25, 0.3) is 11.3 Å². The SMILES string of the molecule is COc1cc([C@@H]2c3c(-c4cc(Cl)c(C)cc4O)n[nH]c3C(=O)N2Cc2ccccc2)ccc1O. The third kappa shape index (κ3) is 3.54. The number of phenolic OH excluding ortho intramolecular Hbond substituents is 2. The van der Waals surface area contributed by atoms with Crippen LogP contribution in [-0.4, -0.2) is 38.3 Å². The number of carbonyl (C=O) groups is 1. The van der Waals surface area contributed by atoms with Crippen LogP contribution in [0.3, 0.4) is 0 Å². The number of rotatable bonds is 5. The summed E-state index contributed by atoms with van der Waals surface area (Å²) in [6.07, 6.45) is 0. The van der Waals surface area contributed by atoms with Crippen molar-refractivity contribution in [2.45, 2.75) is 19.5 Å². The number of carbonyl (C=O) groups excluding carboxylic acids is 1. The predicted octanol–water partition coefficient (Wildman–Crippen LogP) is 5.20. The van der Waals surface area contributed by atoms with Gasteiger partial charge in [-0.2, -0.15) is 5.10 Å². The number of nitrogens with zero attached hydrogens (tertiary/aromatic N) is 2. The smallest absolute Gasteiger partial charge is 0.273 e. The Labute approximate surface area is 201 Å². The first-order chi connectivity index (χ1) is 16.4. The zero-order chi connectivity index (χ0) is 24.0. The van der Waals surface area contributed by atoms with E-state index in [2.05, 4.69) is 10.2 Å². The molecule has 4 aromatic rings. The molecule has 8 heteroatoms. The van der Waals surface area contributed by atoms with E-state index in [9.17, 15) is 15.0 Å². The number of ether oxygens (including phenoxy) is 1. The standard InChI is InChI=1S/C26H22ClN3O4/c1-14-10-20(32)17(12-18(14)27)23-22-24(29-28-23)26(33)30(13-15-6-4-3-5-7-15)25(22)16-8-9-19(31)21(11-16)34-2/h3-12,25,31-32H,13H2,1-2H3,(H,28,29)/t25-/m1/s1. The third-order valence-corrected chi connectivity index (χ3v) is 6.52. The summed E-state index contributed by atoms with van der Waals surface area (Å²) in [6.45, 7) is 2.16. The van der Waals surface area contributed by atoms with E-state index in [1.807, 2.05) is 30.3 Å². The quantitative estimate of drug-likeness (QED) is 0.368. The summed E-state index contributed by atoms with van der Waals surface area (Å²) < 4.78 is 5.32. The number of aromatic amines is 1. The Morgan fingerprint density at radius 3 is 2.59 bits per heavy atom. The van der Waals surface area contributed by atoms with E-state index >= 15 is 0 Å². The normalized spacial score (nSPS) is 15.0. The number of amides is 1. The first-order valence-corrected chi connectivity index (χ1v) is 11.1. The number of aromatic hydroxyl groups is 2. The number of aromatic nitrogens is 2. The van der Waals surface area contributed by atoms with Gasteiger partial charge in [0.2, 0.25) is 0 Å². The summed E-state index contributed by atoms with van der Waals surface area (Å²) in [5.74, 6) is 0.102. The summed E-state index contributed by atoms with van der Waals surface area (Å²) >= 11 is 6.36.